The standard InChI is InChI=1S/C11H20O3/c1-4-14-11(13)10(7-8-12)6-5-9(2)3/h5-6,9-10,12H,4,7-8H2,1-3H3/b6-5-. The molecule has 0 fully saturated rings. The van der Waals surface area contributed by atoms with Crippen LogP contribution >= 0.6 is 0 Å². The largest absolute Gasteiger partial charge is 0.466 e. The molecule has 1 unspecified atom stereocenters. The number of allylic oxidation sites excluding steroid dienone is 1. The van der Waals surface area contributed by atoms with Crippen LogP contribution in [0.25, 0.3) is 0 Å². The van der Waals surface area contributed by atoms with Gasteiger partial charge in [-0.3, -0.25) is 4.79 Å². The number of hydrogen-bond donors (Lipinski definition) is 1. The molecule has 3 heteroatoms. The first-order valence-electron chi connectivity index (χ1n) is 5.07. The monoisotopic (exact) mass is 200 g/mol. The lowest BCUT2D eigenvalue weighted by Crippen LogP contribution is -2.17. The van der Waals surface area contributed by atoms with Gasteiger partial charge in [-0.15, -0.1) is 0 Å². The summed E-state index contributed by atoms with van der Waals surface area (Å²) in [6.07, 6.45) is 4.21. The highest BCUT2D eigenvalue weighted by atomic mass is 16.5. The number of esters is 1. The van der Waals surface area contributed by atoms with Gasteiger partial charge in [0.25, 0.3) is 0 Å². The second-order valence-corrected chi connectivity index (χ2v) is 3.50. The Labute approximate surface area is 85.8 Å². The highest BCUT2D eigenvalue weighted by Crippen LogP contribution is 2.09. The molecule has 1 atom stereocenters. The van der Waals surface area contributed by atoms with Crippen LogP contribution in [0.15, 0.2) is 12.2 Å². The van der Waals surface area contributed by atoms with E-state index in [1.54, 1.807) is 6.92 Å². The van der Waals surface area contributed by atoms with Gasteiger partial charge in [-0.1, -0.05) is 26.0 Å². The lowest BCUT2D eigenvalue weighted by molar-refractivity contribution is -0.146. The quantitative estimate of drug-likeness (QED) is 0.525. The van der Waals surface area contributed by atoms with E-state index in [1.807, 2.05) is 26.0 Å². The van der Waals surface area contributed by atoms with Crippen molar-refractivity contribution >= 4 is 5.97 Å². The van der Waals surface area contributed by atoms with Crippen LogP contribution in [0.5, 0.6) is 0 Å². The lowest BCUT2D eigenvalue weighted by Gasteiger charge is -2.10. The van der Waals surface area contributed by atoms with Crippen LogP contribution < -0.4 is 0 Å². The van der Waals surface area contributed by atoms with Gasteiger partial charge >= 0.3 is 5.97 Å². The SMILES string of the molecule is CCOC(=O)C(/C=C\C(C)C)CCO. The second kappa shape index (κ2) is 7.56. The maximum absolute atomic E-state index is 11.4. The van der Waals surface area contributed by atoms with Crippen molar-refractivity contribution in [3.05, 3.63) is 12.2 Å². The Morgan fingerprint density at radius 3 is 2.50 bits per heavy atom. The molecule has 14 heavy (non-hydrogen) atoms. The molecule has 0 saturated carbocycles. The maximum Gasteiger partial charge on any atom is 0.312 e. The number of hydrogen-bond acceptors (Lipinski definition) is 3. The Kier molecular flexibility index (Phi) is 7.11. The smallest absolute Gasteiger partial charge is 0.312 e. The second-order valence-electron chi connectivity index (χ2n) is 3.50. The van der Waals surface area contributed by atoms with Gasteiger partial charge in [0, 0.05) is 6.61 Å². The van der Waals surface area contributed by atoms with E-state index in [-0.39, 0.29) is 18.5 Å². The minimum Gasteiger partial charge on any atom is -0.466 e. The van der Waals surface area contributed by atoms with E-state index in [1.165, 1.54) is 0 Å². The van der Waals surface area contributed by atoms with Crippen molar-refractivity contribution in [2.75, 3.05) is 13.2 Å². The van der Waals surface area contributed by atoms with Crippen LogP contribution in [0, 0.1) is 11.8 Å². The maximum atomic E-state index is 11.4. The summed E-state index contributed by atoms with van der Waals surface area (Å²) in [4.78, 5) is 11.4. The number of carbonyl (C=O) groups is 1. The fourth-order valence-electron chi connectivity index (χ4n) is 1.04. The zero-order valence-electron chi connectivity index (χ0n) is 9.19. The number of carbonyl (C=O) groups excluding carboxylic acids is 1. The Hall–Kier alpha value is -0.830. The van der Waals surface area contributed by atoms with Gasteiger partial charge in [-0.25, -0.2) is 0 Å². The molecule has 0 amide bonds. The molecule has 0 aromatic carbocycles. The number of aliphatic hydroxyl groups excluding tert-OH is 1. The molecule has 0 spiro atoms. The third kappa shape index (κ3) is 5.75. The van der Waals surface area contributed by atoms with Crippen molar-refractivity contribution in [3.8, 4) is 0 Å². The number of ether oxygens (including phenoxy) is 1. The predicted molar refractivity (Wildman–Crippen MR) is 55.8 cm³/mol. The fourth-order valence-corrected chi connectivity index (χ4v) is 1.04. The van der Waals surface area contributed by atoms with E-state index >= 15 is 0 Å². The summed E-state index contributed by atoms with van der Waals surface area (Å²) in [6.45, 7) is 6.25. The van der Waals surface area contributed by atoms with Crippen LogP contribution in [-0.2, 0) is 9.53 Å². The molecule has 0 aromatic rings. The normalized spacial score (nSPS) is 13.5. The van der Waals surface area contributed by atoms with Gasteiger partial charge in [-0.05, 0) is 19.3 Å². The fraction of sp³-hybridized carbons (Fsp3) is 0.727. The molecule has 3 nitrogen and oxygen atoms in total. The van der Waals surface area contributed by atoms with E-state index in [9.17, 15) is 4.79 Å². The lowest BCUT2D eigenvalue weighted by atomic mass is 10.0. The predicted octanol–water partition coefficient (Wildman–Crippen LogP) is 1.76. The van der Waals surface area contributed by atoms with Crippen molar-refractivity contribution in [2.45, 2.75) is 27.2 Å². The number of aliphatic hydroxyl groups is 1. The molecule has 0 radical (unpaired) electrons. The molecule has 0 aliphatic heterocycles. The van der Waals surface area contributed by atoms with Gasteiger partial charge in [0.1, 0.15) is 0 Å². The van der Waals surface area contributed by atoms with E-state index in [2.05, 4.69) is 0 Å². The van der Waals surface area contributed by atoms with Crippen LogP contribution in [0.3, 0.4) is 0 Å². The minimum absolute atomic E-state index is 0.00587. The van der Waals surface area contributed by atoms with Gasteiger partial charge in [0.05, 0.1) is 12.5 Å². The summed E-state index contributed by atoms with van der Waals surface area (Å²) < 4.78 is 4.89. The topological polar surface area (TPSA) is 46.5 Å². The molecule has 0 rings (SSSR count). The molecule has 0 aliphatic rings. The molecule has 0 aromatic heterocycles. The van der Waals surface area contributed by atoms with Crippen molar-refractivity contribution in [1.82, 2.24) is 0 Å². The van der Waals surface area contributed by atoms with Gasteiger partial charge in [0.2, 0.25) is 0 Å². The molecule has 82 valence electrons. The van der Waals surface area contributed by atoms with Crippen molar-refractivity contribution < 1.29 is 14.6 Å². The first kappa shape index (κ1) is 13.2. The molecular formula is C11H20O3. The van der Waals surface area contributed by atoms with Gasteiger partial charge in [-0.2, -0.15) is 0 Å². The Morgan fingerprint density at radius 1 is 1.43 bits per heavy atom. The molecule has 0 aliphatic carbocycles. The van der Waals surface area contributed by atoms with Crippen molar-refractivity contribution in [3.63, 3.8) is 0 Å². The summed E-state index contributed by atoms with van der Waals surface area (Å²) in [6, 6.07) is 0. The molecule has 0 heterocycles. The van der Waals surface area contributed by atoms with Crippen LogP contribution in [-0.4, -0.2) is 24.3 Å². The summed E-state index contributed by atoms with van der Waals surface area (Å²) in [5, 5.41) is 8.78. The Bertz CT molecular complexity index is 185. The van der Waals surface area contributed by atoms with Gasteiger partial charge < -0.3 is 9.84 Å². The van der Waals surface area contributed by atoms with Crippen molar-refractivity contribution in [2.24, 2.45) is 11.8 Å². The third-order valence-electron chi connectivity index (χ3n) is 1.76. The first-order valence-corrected chi connectivity index (χ1v) is 5.07. The van der Waals surface area contributed by atoms with Crippen molar-refractivity contribution in [1.29, 1.82) is 0 Å². The van der Waals surface area contributed by atoms with E-state index in [4.69, 9.17) is 9.84 Å². The van der Waals surface area contributed by atoms with E-state index in [0.29, 0.717) is 18.9 Å². The molecular weight excluding hydrogens is 180 g/mol. The van der Waals surface area contributed by atoms with Gasteiger partial charge in [0.15, 0.2) is 0 Å². The van der Waals surface area contributed by atoms with E-state index < -0.39 is 0 Å². The third-order valence-corrected chi connectivity index (χ3v) is 1.76. The molecule has 0 bridgehead atoms. The highest BCUT2D eigenvalue weighted by molar-refractivity contribution is 5.74. The molecule has 1 N–H and O–H groups in total. The minimum atomic E-state index is -0.303. The van der Waals surface area contributed by atoms with Crippen LogP contribution in [0.1, 0.15) is 27.2 Å². The summed E-state index contributed by atoms with van der Waals surface area (Å²) in [5.41, 5.74) is 0. The zero-order chi connectivity index (χ0) is 11.0. The van der Waals surface area contributed by atoms with E-state index in [0.717, 1.165) is 0 Å². The highest BCUT2D eigenvalue weighted by Gasteiger charge is 2.15. The Morgan fingerprint density at radius 2 is 2.07 bits per heavy atom. The average Bonchev–Trinajstić information content (AvgIpc) is 2.12. The first-order chi connectivity index (χ1) is 6.61. The summed E-state index contributed by atoms with van der Waals surface area (Å²) in [5.74, 6) is -0.147. The average molecular weight is 200 g/mol. The van der Waals surface area contributed by atoms with Crippen LogP contribution in [0.2, 0.25) is 0 Å². The number of rotatable bonds is 6. The summed E-state index contributed by atoms with van der Waals surface area (Å²) in [7, 11) is 0. The molecule has 0 saturated heterocycles. The van der Waals surface area contributed by atoms with Crippen LogP contribution in [0.4, 0.5) is 0 Å². The Balaban J connectivity index is 4.20. The zero-order valence-corrected chi connectivity index (χ0v) is 9.19. The summed E-state index contributed by atoms with van der Waals surface area (Å²) >= 11 is 0.